The van der Waals surface area contributed by atoms with Crippen molar-refractivity contribution in [3.8, 4) is 11.5 Å². The molecule has 3 rings (SSSR count). The first kappa shape index (κ1) is 20.5. The van der Waals surface area contributed by atoms with Crippen LogP contribution in [0.3, 0.4) is 0 Å². The van der Waals surface area contributed by atoms with E-state index in [4.69, 9.17) is 21.1 Å². The van der Waals surface area contributed by atoms with E-state index in [9.17, 15) is 18.0 Å². The first-order valence-electron chi connectivity index (χ1n) is 7.95. The number of H-pyrrole nitrogens is 1. The van der Waals surface area contributed by atoms with Crippen LogP contribution in [0.25, 0.3) is 10.9 Å². The molecule has 0 radical (unpaired) electrons. The normalized spacial score (nSPS) is 12.8. The summed E-state index contributed by atoms with van der Waals surface area (Å²) in [5.41, 5.74) is 0.0279. The molecule has 3 aromatic rings. The van der Waals surface area contributed by atoms with Crippen LogP contribution in [0.1, 0.15) is 26.3 Å². The zero-order valence-corrected chi connectivity index (χ0v) is 17.0. The number of benzene rings is 2. The summed E-state index contributed by atoms with van der Waals surface area (Å²) in [6, 6.07) is 6.92. The Hall–Kier alpha value is -2.19. The summed E-state index contributed by atoms with van der Waals surface area (Å²) in [7, 11) is 2.60. The highest BCUT2D eigenvalue weighted by Crippen LogP contribution is 2.41. The molecule has 4 nitrogen and oxygen atoms in total. The van der Waals surface area contributed by atoms with Crippen molar-refractivity contribution in [1.29, 1.82) is 0 Å². The third-order valence-electron chi connectivity index (χ3n) is 4.27. The summed E-state index contributed by atoms with van der Waals surface area (Å²) in [5.74, 6) is -0.360. The molecule has 0 amide bonds. The average molecular weight is 477 g/mol. The van der Waals surface area contributed by atoms with Crippen molar-refractivity contribution in [3.63, 3.8) is 0 Å². The van der Waals surface area contributed by atoms with E-state index in [1.807, 2.05) is 0 Å². The van der Waals surface area contributed by atoms with Crippen molar-refractivity contribution < 1.29 is 27.4 Å². The van der Waals surface area contributed by atoms with Crippen LogP contribution in [0.15, 0.2) is 36.5 Å². The predicted octanol–water partition coefficient (Wildman–Crippen LogP) is 6.18. The molecule has 0 saturated carbocycles. The number of aromatic amines is 1. The van der Waals surface area contributed by atoms with Gasteiger partial charge in [0, 0.05) is 39.3 Å². The number of carbonyl (C=O) groups excluding carboxylic acids is 1. The number of Topliss-reactive ketones (excluding diaryl/α,β-unsaturated/α-hetero) is 1. The van der Waals surface area contributed by atoms with Crippen LogP contribution >= 0.6 is 27.5 Å². The standard InChI is InChI=1S/C19H14BrClF3NO3/c1-27-15-5-9(21)3-4-10(15)17(20)18(26)12-8-25-14-7-16(28-2)13(6-11(12)14)19(22,23)24/h3-8,17,25H,1-2H3. The lowest BCUT2D eigenvalue weighted by Gasteiger charge is -2.14. The Labute approximate surface area is 171 Å². The fourth-order valence-electron chi connectivity index (χ4n) is 2.92. The van der Waals surface area contributed by atoms with Crippen LogP contribution in [0.4, 0.5) is 13.2 Å². The molecular formula is C19H14BrClF3NO3. The number of methoxy groups -OCH3 is 2. The lowest BCUT2D eigenvalue weighted by molar-refractivity contribution is -0.138. The number of rotatable bonds is 5. The second kappa shape index (κ2) is 7.67. The first-order valence-corrected chi connectivity index (χ1v) is 9.24. The predicted molar refractivity (Wildman–Crippen MR) is 104 cm³/mol. The number of aromatic nitrogens is 1. The molecule has 0 fully saturated rings. The SMILES string of the molecule is COc1cc(Cl)ccc1C(Br)C(=O)c1c[nH]c2cc(OC)c(C(F)(F)F)cc12. The van der Waals surface area contributed by atoms with Gasteiger partial charge in [-0.2, -0.15) is 13.2 Å². The molecule has 0 aliphatic rings. The Morgan fingerprint density at radius 1 is 1.14 bits per heavy atom. The maximum Gasteiger partial charge on any atom is 0.419 e. The van der Waals surface area contributed by atoms with E-state index >= 15 is 0 Å². The lowest BCUT2D eigenvalue weighted by atomic mass is 10.00. The number of hydrogen-bond donors (Lipinski definition) is 1. The summed E-state index contributed by atoms with van der Waals surface area (Å²) in [6.07, 6.45) is -3.24. The molecule has 1 atom stereocenters. The zero-order valence-electron chi connectivity index (χ0n) is 14.7. The Morgan fingerprint density at radius 2 is 1.82 bits per heavy atom. The highest BCUT2D eigenvalue weighted by Gasteiger charge is 2.35. The third kappa shape index (κ3) is 3.71. The minimum atomic E-state index is -4.62. The van der Waals surface area contributed by atoms with Gasteiger partial charge in [-0.05, 0) is 18.2 Å². The molecule has 1 N–H and O–H groups in total. The van der Waals surface area contributed by atoms with Gasteiger partial charge in [-0.3, -0.25) is 4.79 Å². The molecule has 1 heterocycles. The Bertz CT molecular complexity index is 1050. The van der Waals surface area contributed by atoms with Gasteiger partial charge in [-0.15, -0.1) is 0 Å². The highest BCUT2D eigenvalue weighted by molar-refractivity contribution is 9.09. The lowest BCUT2D eigenvalue weighted by Crippen LogP contribution is -2.10. The number of fused-ring (bicyclic) bond motifs is 1. The van der Waals surface area contributed by atoms with Gasteiger partial charge in [0.25, 0.3) is 0 Å². The van der Waals surface area contributed by atoms with Gasteiger partial charge in [0.15, 0.2) is 5.78 Å². The number of ether oxygens (including phenoxy) is 2. The van der Waals surface area contributed by atoms with E-state index in [2.05, 4.69) is 20.9 Å². The quantitative estimate of drug-likeness (QED) is 0.354. The van der Waals surface area contributed by atoms with Gasteiger partial charge in [-0.25, -0.2) is 0 Å². The molecule has 9 heteroatoms. The van der Waals surface area contributed by atoms with E-state index in [0.717, 1.165) is 13.2 Å². The van der Waals surface area contributed by atoms with Crippen molar-refractivity contribution in [3.05, 3.63) is 58.2 Å². The molecule has 0 bridgehead atoms. The second-order valence-corrected chi connectivity index (χ2v) is 7.26. The van der Waals surface area contributed by atoms with Crippen LogP contribution in [-0.2, 0) is 6.18 Å². The molecule has 1 unspecified atom stereocenters. The molecule has 148 valence electrons. The number of ketones is 1. The fraction of sp³-hybridized carbons (Fsp3) is 0.211. The maximum absolute atomic E-state index is 13.3. The van der Waals surface area contributed by atoms with Gasteiger partial charge >= 0.3 is 6.18 Å². The van der Waals surface area contributed by atoms with E-state index in [1.54, 1.807) is 18.2 Å². The second-order valence-electron chi connectivity index (χ2n) is 5.91. The van der Waals surface area contributed by atoms with E-state index in [0.29, 0.717) is 21.9 Å². The van der Waals surface area contributed by atoms with Crippen molar-refractivity contribution in [2.75, 3.05) is 14.2 Å². The van der Waals surface area contributed by atoms with Crippen molar-refractivity contribution in [2.45, 2.75) is 11.0 Å². The fourth-order valence-corrected chi connectivity index (χ4v) is 3.70. The Kier molecular flexibility index (Phi) is 5.63. The molecule has 0 aliphatic carbocycles. The van der Waals surface area contributed by atoms with Gasteiger partial charge in [0.05, 0.1) is 19.8 Å². The molecule has 0 saturated heterocycles. The highest BCUT2D eigenvalue weighted by atomic mass is 79.9. The van der Waals surface area contributed by atoms with Crippen LogP contribution in [0.5, 0.6) is 11.5 Å². The summed E-state index contributed by atoms with van der Waals surface area (Å²) in [6.45, 7) is 0. The molecule has 1 aromatic heterocycles. The molecule has 2 aromatic carbocycles. The number of halogens is 5. The number of hydrogen-bond acceptors (Lipinski definition) is 3. The van der Waals surface area contributed by atoms with E-state index in [-0.39, 0.29) is 16.7 Å². The van der Waals surface area contributed by atoms with Gasteiger partial charge in [-0.1, -0.05) is 33.6 Å². The van der Waals surface area contributed by atoms with Crippen molar-refractivity contribution >= 4 is 44.2 Å². The summed E-state index contributed by atoms with van der Waals surface area (Å²) < 4.78 is 50.1. The Balaban J connectivity index is 2.09. The molecule has 0 aliphatic heterocycles. The monoisotopic (exact) mass is 475 g/mol. The summed E-state index contributed by atoms with van der Waals surface area (Å²) in [4.78, 5) is 15.0. The summed E-state index contributed by atoms with van der Waals surface area (Å²) in [5, 5.41) is 0.581. The maximum atomic E-state index is 13.3. The minimum absolute atomic E-state index is 0.113. The van der Waals surface area contributed by atoms with Crippen LogP contribution in [0.2, 0.25) is 5.02 Å². The first-order chi connectivity index (χ1) is 13.2. The Morgan fingerprint density at radius 3 is 2.43 bits per heavy atom. The van der Waals surface area contributed by atoms with Crippen molar-refractivity contribution in [2.24, 2.45) is 0 Å². The van der Waals surface area contributed by atoms with Crippen molar-refractivity contribution in [1.82, 2.24) is 4.98 Å². The molecule has 0 spiro atoms. The van der Waals surface area contributed by atoms with Crippen LogP contribution in [0, 0.1) is 0 Å². The largest absolute Gasteiger partial charge is 0.496 e. The van der Waals surface area contributed by atoms with Gasteiger partial charge in [0.1, 0.15) is 16.3 Å². The molecule has 28 heavy (non-hydrogen) atoms. The topological polar surface area (TPSA) is 51.3 Å². The van der Waals surface area contributed by atoms with E-state index < -0.39 is 22.4 Å². The number of carbonyl (C=O) groups is 1. The number of nitrogens with one attached hydrogen (secondary N) is 1. The van der Waals surface area contributed by atoms with Gasteiger partial charge in [0.2, 0.25) is 0 Å². The van der Waals surface area contributed by atoms with E-state index in [1.165, 1.54) is 19.4 Å². The summed E-state index contributed by atoms with van der Waals surface area (Å²) >= 11 is 9.27. The van der Waals surface area contributed by atoms with Crippen LogP contribution in [-0.4, -0.2) is 25.0 Å². The molecular weight excluding hydrogens is 463 g/mol. The smallest absolute Gasteiger partial charge is 0.419 e. The zero-order chi connectivity index (χ0) is 20.6. The van der Waals surface area contributed by atoms with Gasteiger partial charge < -0.3 is 14.5 Å². The number of alkyl halides is 4. The van der Waals surface area contributed by atoms with Crippen LogP contribution < -0.4 is 9.47 Å². The third-order valence-corrected chi connectivity index (χ3v) is 5.42. The minimum Gasteiger partial charge on any atom is -0.496 e. The average Bonchev–Trinajstić information content (AvgIpc) is 3.07.